The first-order chi connectivity index (χ1) is 14.0. The Morgan fingerprint density at radius 1 is 1.17 bits per heavy atom. The summed E-state index contributed by atoms with van der Waals surface area (Å²) in [7, 11) is 0. The SMILES string of the molecule is CCOc1ccccc1C(=O)C1CC(=O)Nc2c1c(C)nn2-c1ccc(C)cc1. The molecule has 2 aromatic carbocycles. The number of anilines is 1. The van der Waals surface area contributed by atoms with Crippen molar-refractivity contribution in [1.29, 1.82) is 0 Å². The molecule has 0 aliphatic carbocycles. The minimum absolute atomic E-state index is 0.0900. The number of hydrogen-bond acceptors (Lipinski definition) is 4. The molecular weight excluding hydrogens is 366 g/mol. The van der Waals surface area contributed by atoms with Gasteiger partial charge in [0, 0.05) is 12.0 Å². The summed E-state index contributed by atoms with van der Waals surface area (Å²) in [4.78, 5) is 25.9. The summed E-state index contributed by atoms with van der Waals surface area (Å²) in [5.41, 5.74) is 3.95. The fraction of sp³-hybridized carbons (Fsp3) is 0.261. The second-order valence-corrected chi connectivity index (χ2v) is 7.19. The van der Waals surface area contributed by atoms with Crippen molar-refractivity contribution in [1.82, 2.24) is 9.78 Å². The normalized spacial score (nSPS) is 15.6. The molecule has 0 bridgehead atoms. The van der Waals surface area contributed by atoms with Gasteiger partial charge in [-0.1, -0.05) is 29.8 Å². The van der Waals surface area contributed by atoms with Crippen molar-refractivity contribution in [2.45, 2.75) is 33.1 Å². The smallest absolute Gasteiger partial charge is 0.226 e. The average Bonchev–Trinajstić information content (AvgIpc) is 3.04. The lowest BCUT2D eigenvalue weighted by Crippen LogP contribution is -2.28. The van der Waals surface area contributed by atoms with Gasteiger partial charge in [0.25, 0.3) is 0 Å². The Hall–Kier alpha value is -3.41. The monoisotopic (exact) mass is 389 g/mol. The number of carbonyl (C=O) groups excluding carboxylic acids is 2. The molecule has 0 fully saturated rings. The number of aromatic nitrogens is 2. The van der Waals surface area contributed by atoms with E-state index in [0.717, 1.165) is 22.5 Å². The van der Waals surface area contributed by atoms with E-state index in [4.69, 9.17) is 4.74 Å². The number of nitrogens with zero attached hydrogens (tertiary/aromatic N) is 2. The van der Waals surface area contributed by atoms with Crippen molar-refractivity contribution in [3.63, 3.8) is 0 Å². The van der Waals surface area contributed by atoms with Crippen LogP contribution in [-0.2, 0) is 4.79 Å². The maximum Gasteiger partial charge on any atom is 0.226 e. The number of para-hydroxylation sites is 1. The van der Waals surface area contributed by atoms with Gasteiger partial charge >= 0.3 is 0 Å². The highest BCUT2D eigenvalue weighted by molar-refractivity contribution is 6.09. The molecule has 0 spiro atoms. The largest absolute Gasteiger partial charge is 0.493 e. The average molecular weight is 389 g/mol. The van der Waals surface area contributed by atoms with E-state index in [1.165, 1.54) is 0 Å². The van der Waals surface area contributed by atoms with Gasteiger partial charge in [-0.3, -0.25) is 9.59 Å². The predicted octanol–water partition coefficient (Wildman–Crippen LogP) is 4.20. The number of aryl methyl sites for hydroxylation is 2. The minimum Gasteiger partial charge on any atom is -0.493 e. The molecule has 6 nitrogen and oxygen atoms in total. The summed E-state index contributed by atoms with van der Waals surface area (Å²) in [6, 6.07) is 15.1. The number of fused-ring (bicyclic) bond motifs is 1. The zero-order chi connectivity index (χ0) is 20.5. The molecule has 1 amide bonds. The number of amides is 1. The maximum absolute atomic E-state index is 13.4. The number of carbonyl (C=O) groups is 2. The van der Waals surface area contributed by atoms with Gasteiger partial charge in [-0.2, -0.15) is 5.10 Å². The van der Waals surface area contributed by atoms with Crippen LogP contribution in [0.3, 0.4) is 0 Å². The lowest BCUT2D eigenvalue weighted by Gasteiger charge is -2.24. The molecule has 1 atom stereocenters. The molecular formula is C23H23N3O3. The van der Waals surface area contributed by atoms with Gasteiger partial charge < -0.3 is 10.1 Å². The number of ether oxygens (including phenoxy) is 1. The van der Waals surface area contributed by atoms with Crippen LogP contribution in [0, 0.1) is 13.8 Å². The fourth-order valence-corrected chi connectivity index (χ4v) is 3.78. The Bertz CT molecular complexity index is 1080. The Morgan fingerprint density at radius 2 is 1.90 bits per heavy atom. The molecule has 2 heterocycles. The number of hydrogen-bond donors (Lipinski definition) is 1. The molecule has 29 heavy (non-hydrogen) atoms. The molecule has 1 aliphatic heterocycles. The molecule has 148 valence electrons. The topological polar surface area (TPSA) is 73.2 Å². The molecule has 3 aromatic rings. The molecule has 1 N–H and O–H groups in total. The first kappa shape index (κ1) is 18.9. The van der Waals surface area contributed by atoms with E-state index in [0.29, 0.717) is 23.7 Å². The molecule has 1 unspecified atom stereocenters. The Morgan fingerprint density at radius 3 is 2.62 bits per heavy atom. The lowest BCUT2D eigenvalue weighted by atomic mass is 9.85. The van der Waals surface area contributed by atoms with Gasteiger partial charge in [0.15, 0.2) is 5.78 Å². The van der Waals surface area contributed by atoms with Crippen LogP contribution in [-0.4, -0.2) is 28.1 Å². The Balaban J connectivity index is 1.80. The Kier molecular flexibility index (Phi) is 4.92. The molecule has 0 saturated carbocycles. The van der Waals surface area contributed by atoms with Crippen molar-refractivity contribution in [3.05, 3.63) is 70.9 Å². The van der Waals surface area contributed by atoms with Crippen LogP contribution in [0.5, 0.6) is 5.75 Å². The third-order valence-electron chi connectivity index (χ3n) is 5.15. The first-order valence-corrected chi connectivity index (χ1v) is 9.72. The van der Waals surface area contributed by atoms with Crippen molar-refractivity contribution in [2.75, 3.05) is 11.9 Å². The summed E-state index contributed by atoms with van der Waals surface area (Å²) in [5.74, 6) is 0.181. The summed E-state index contributed by atoms with van der Waals surface area (Å²) in [5, 5.41) is 7.55. The third-order valence-corrected chi connectivity index (χ3v) is 5.15. The quantitative estimate of drug-likeness (QED) is 0.664. The minimum atomic E-state index is -0.598. The van der Waals surface area contributed by atoms with E-state index in [9.17, 15) is 9.59 Å². The third kappa shape index (κ3) is 3.42. The van der Waals surface area contributed by atoms with Crippen LogP contribution in [0.2, 0.25) is 0 Å². The lowest BCUT2D eigenvalue weighted by molar-refractivity contribution is -0.116. The van der Waals surface area contributed by atoms with Gasteiger partial charge in [-0.25, -0.2) is 4.68 Å². The number of rotatable bonds is 5. The van der Waals surface area contributed by atoms with Crippen LogP contribution in [0.1, 0.15) is 46.4 Å². The molecule has 0 radical (unpaired) electrons. The highest BCUT2D eigenvalue weighted by atomic mass is 16.5. The zero-order valence-electron chi connectivity index (χ0n) is 16.7. The number of nitrogens with one attached hydrogen (secondary N) is 1. The van der Waals surface area contributed by atoms with Crippen LogP contribution >= 0.6 is 0 Å². The fourth-order valence-electron chi connectivity index (χ4n) is 3.78. The summed E-state index contributed by atoms with van der Waals surface area (Å²) in [6.45, 7) is 6.23. The summed E-state index contributed by atoms with van der Waals surface area (Å²) in [6.07, 6.45) is 0.0900. The van der Waals surface area contributed by atoms with Crippen LogP contribution in [0.15, 0.2) is 48.5 Å². The van der Waals surface area contributed by atoms with Crippen LogP contribution in [0.4, 0.5) is 5.82 Å². The van der Waals surface area contributed by atoms with Gasteiger partial charge in [0.05, 0.1) is 29.5 Å². The van der Waals surface area contributed by atoms with Crippen LogP contribution in [0.25, 0.3) is 5.69 Å². The van der Waals surface area contributed by atoms with Crippen LogP contribution < -0.4 is 10.1 Å². The molecule has 1 aliphatic rings. The highest BCUT2D eigenvalue weighted by Crippen LogP contribution is 2.39. The summed E-state index contributed by atoms with van der Waals surface area (Å²) < 4.78 is 7.34. The Labute approximate surface area is 169 Å². The van der Waals surface area contributed by atoms with E-state index in [1.54, 1.807) is 16.8 Å². The van der Waals surface area contributed by atoms with Crippen molar-refractivity contribution < 1.29 is 14.3 Å². The number of Topliss-reactive ketones (excluding diaryl/α,β-unsaturated/α-hetero) is 1. The molecule has 0 saturated heterocycles. The predicted molar refractivity (Wildman–Crippen MR) is 111 cm³/mol. The van der Waals surface area contributed by atoms with E-state index in [-0.39, 0.29) is 18.1 Å². The maximum atomic E-state index is 13.4. The zero-order valence-corrected chi connectivity index (χ0v) is 16.7. The van der Waals surface area contributed by atoms with Crippen molar-refractivity contribution >= 4 is 17.5 Å². The van der Waals surface area contributed by atoms with Gasteiger partial charge in [0.2, 0.25) is 5.91 Å². The first-order valence-electron chi connectivity index (χ1n) is 9.72. The van der Waals surface area contributed by atoms with E-state index >= 15 is 0 Å². The van der Waals surface area contributed by atoms with Crippen molar-refractivity contribution in [2.24, 2.45) is 0 Å². The van der Waals surface area contributed by atoms with E-state index in [1.807, 2.05) is 57.2 Å². The summed E-state index contributed by atoms with van der Waals surface area (Å²) >= 11 is 0. The van der Waals surface area contributed by atoms with E-state index < -0.39 is 5.92 Å². The second kappa shape index (κ2) is 7.54. The van der Waals surface area contributed by atoms with Gasteiger partial charge in [-0.05, 0) is 45.0 Å². The number of ketones is 1. The standard InChI is InChI=1S/C23H23N3O3/c1-4-29-19-8-6-5-7-17(19)22(28)18-13-20(27)24-23-21(18)15(3)25-26(23)16-11-9-14(2)10-12-16/h5-12,18H,4,13H2,1-3H3,(H,24,27). The van der Waals surface area contributed by atoms with Crippen molar-refractivity contribution in [3.8, 4) is 11.4 Å². The van der Waals surface area contributed by atoms with E-state index in [2.05, 4.69) is 10.4 Å². The van der Waals surface area contributed by atoms with Gasteiger partial charge in [0.1, 0.15) is 11.6 Å². The second-order valence-electron chi connectivity index (χ2n) is 7.19. The molecule has 1 aromatic heterocycles. The number of benzene rings is 2. The molecule has 4 rings (SSSR count). The van der Waals surface area contributed by atoms with Gasteiger partial charge in [-0.15, -0.1) is 0 Å². The molecule has 6 heteroatoms. The highest BCUT2D eigenvalue weighted by Gasteiger charge is 2.37.